The molecule has 6 heteroatoms. The van der Waals surface area contributed by atoms with Crippen molar-refractivity contribution < 1.29 is 29.6 Å². The third-order valence-electron chi connectivity index (χ3n) is 6.87. The highest BCUT2D eigenvalue weighted by molar-refractivity contribution is 6.00. The zero-order valence-electron chi connectivity index (χ0n) is 21.1. The van der Waals surface area contributed by atoms with Gasteiger partial charge in [-0.05, 0) is 70.4 Å². The van der Waals surface area contributed by atoms with Gasteiger partial charge in [0.05, 0.1) is 0 Å². The number of hydrogen-bond donors (Lipinski definition) is 2. The molecule has 0 aliphatic rings. The molecule has 6 aromatic carbocycles. The first kappa shape index (κ1) is 24.7. The highest BCUT2D eigenvalue weighted by Gasteiger charge is 2.20. The lowest BCUT2D eigenvalue weighted by atomic mass is 9.96. The minimum atomic E-state index is -0.0226. The maximum Gasteiger partial charge on any atom is 0.194 e. The molecule has 0 unspecified atom stereocenters. The van der Waals surface area contributed by atoms with Gasteiger partial charge in [0.2, 0.25) is 0 Å². The van der Waals surface area contributed by atoms with Gasteiger partial charge < -0.3 is 10.2 Å². The molecule has 0 aromatic heterocycles. The van der Waals surface area contributed by atoms with E-state index in [-0.39, 0.29) is 11.5 Å². The topological polar surface area (TPSA) is 93.1 Å². The Hall–Kier alpha value is -5.62. The minimum Gasteiger partial charge on any atom is -0.508 e. The molecule has 6 aromatic rings. The first-order valence-corrected chi connectivity index (χ1v) is 12.5. The number of carbonyl (C=O) groups excluding carboxylic acids is 2. The van der Waals surface area contributed by atoms with Crippen molar-refractivity contribution in [2.24, 2.45) is 0 Å². The van der Waals surface area contributed by atoms with Gasteiger partial charge in [-0.2, -0.15) is 0 Å². The van der Waals surface area contributed by atoms with Gasteiger partial charge in [-0.25, -0.2) is 0 Å². The number of aldehydes is 2. The standard InChI is InChI=1S/C34H22O6/c35-19-23-17-25(37)11-15-27(23)31-13-9-21-5-1-3-7-29(21)33(31)39-40-34-30-8-4-2-6-22(30)10-14-32(34)28-16-12-26(38)18-24(28)20-36/h1-20,37-38H. The van der Waals surface area contributed by atoms with Crippen molar-refractivity contribution in [3.63, 3.8) is 0 Å². The van der Waals surface area contributed by atoms with Crippen LogP contribution in [0.3, 0.4) is 0 Å². The van der Waals surface area contributed by atoms with Crippen LogP contribution in [0.25, 0.3) is 43.8 Å². The molecule has 0 heterocycles. The van der Waals surface area contributed by atoms with Crippen LogP contribution in [0.1, 0.15) is 20.7 Å². The Balaban J connectivity index is 1.54. The van der Waals surface area contributed by atoms with E-state index in [4.69, 9.17) is 9.78 Å². The maximum atomic E-state index is 11.9. The van der Waals surface area contributed by atoms with Crippen LogP contribution >= 0.6 is 0 Å². The Morgan fingerprint density at radius 3 is 1.30 bits per heavy atom. The van der Waals surface area contributed by atoms with Crippen LogP contribution in [-0.4, -0.2) is 22.8 Å². The van der Waals surface area contributed by atoms with Gasteiger partial charge in [-0.1, -0.05) is 60.7 Å². The summed E-state index contributed by atoms with van der Waals surface area (Å²) in [6.45, 7) is 0. The SMILES string of the molecule is O=Cc1cc(O)ccc1-c1ccc2ccccc2c1OOc1c(-c2ccc(O)cc2C=O)ccc2ccccc12. The average molecular weight is 527 g/mol. The molecule has 6 nitrogen and oxygen atoms in total. The summed E-state index contributed by atoms with van der Waals surface area (Å²) in [6.07, 6.45) is 1.37. The van der Waals surface area contributed by atoms with Crippen molar-refractivity contribution >= 4 is 34.1 Å². The van der Waals surface area contributed by atoms with E-state index in [2.05, 4.69) is 0 Å². The Morgan fingerprint density at radius 1 is 0.475 bits per heavy atom. The van der Waals surface area contributed by atoms with E-state index in [1.54, 1.807) is 12.1 Å². The number of benzene rings is 6. The van der Waals surface area contributed by atoms with E-state index in [0.29, 0.717) is 57.5 Å². The maximum absolute atomic E-state index is 11.9. The van der Waals surface area contributed by atoms with Gasteiger partial charge in [0, 0.05) is 33.0 Å². The molecule has 0 aliphatic carbocycles. The Kier molecular flexibility index (Phi) is 6.34. The molecule has 6 rings (SSSR count). The molecule has 0 spiro atoms. The molecular weight excluding hydrogens is 504 g/mol. The molecule has 0 aliphatic heterocycles. The highest BCUT2D eigenvalue weighted by Crippen LogP contribution is 2.42. The van der Waals surface area contributed by atoms with Crippen LogP contribution in [0.4, 0.5) is 0 Å². The van der Waals surface area contributed by atoms with Crippen LogP contribution in [0, 0.1) is 0 Å². The van der Waals surface area contributed by atoms with Crippen molar-refractivity contribution in [3.05, 3.63) is 120 Å². The van der Waals surface area contributed by atoms with Gasteiger partial charge in [0.1, 0.15) is 11.5 Å². The largest absolute Gasteiger partial charge is 0.508 e. The van der Waals surface area contributed by atoms with E-state index in [1.807, 2.05) is 72.8 Å². The number of rotatable bonds is 7. The summed E-state index contributed by atoms with van der Waals surface area (Å²) in [4.78, 5) is 36.2. The van der Waals surface area contributed by atoms with E-state index in [9.17, 15) is 19.8 Å². The van der Waals surface area contributed by atoms with Crippen LogP contribution in [-0.2, 0) is 0 Å². The van der Waals surface area contributed by atoms with Crippen molar-refractivity contribution in [2.75, 3.05) is 0 Å². The highest BCUT2D eigenvalue weighted by atomic mass is 17.2. The van der Waals surface area contributed by atoms with Crippen LogP contribution in [0.15, 0.2) is 109 Å². The minimum absolute atomic E-state index is 0.0226. The molecule has 40 heavy (non-hydrogen) atoms. The third-order valence-corrected chi connectivity index (χ3v) is 6.87. The molecule has 194 valence electrons. The summed E-state index contributed by atoms with van der Waals surface area (Å²) in [5, 5.41) is 23.2. The summed E-state index contributed by atoms with van der Waals surface area (Å²) in [5.74, 6) is 0.718. The van der Waals surface area contributed by atoms with Crippen molar-refractivity contribution in [2.45, 2.75) is 0 Å². The van der Waals surface area contributed by atoms with E-state index in [0.717, 1.165) is 21.5 Å². The first-order valence-electron chi connectivity index (χ1n) is 12.5. The summed E-state index contributed by atoms with van der Waals surface area (Å²) in [6, 6.07) is 31.9. The molecule has 0 saturated carbocycles. The summed E-state index contributed by atoms with van der Waals surface area (Å²) in [7, 11) is 0. The summed E-state index contributed by atoms with van der Waals surface area (Å²) in [5.41, 5.74) is 2.92. The fourth-order valence-corrected chi connectivity index (χ4v) is 4.96. The molecule has 2 N–H and O–H groups in total. The van der Waals surface area contributed by atoms with E-state index >= 15 is 0 Å². The van der Waals surface area contributed by atoms with E-state index < -0.39 is 0 Å². The molecule has 0 fully saturated rings. The molecule has 0 radical (unpaired) electrons. The lowest BCUT2D eigenvalue weighted by Gasteiger charge is -2.18. The number of hydrogen-bond acceptors (Lipinski definition) is 6. The van der Waals surface area contributed by atoms with E-state index in [1.165, 1.54) is 24.3 Å². The van der Waals surface area contributed by atoms with Crippen LogP contribution in [0.5, 0.6) is 23.0 Å². The smallest absolute Gasteiger partial charge is 0.194 e. The number of aromatic hydroxyl groups is 2. The summed E-state index contributed by atoms with van der Waals surface area (Å²) < 4.78 is 0. The van der Waals surface area contributed by atoms with Gasteiger partial charge in [0.25, 0.3) is 0 Å². The zero-order chi connectivity index (χ0) is 27.6. The quantitative estimate of drug-likeness (QED) is 0.126. The zero-order valence-corrected chi connectivity index (χ0v) is 21.1. The molecule has 0 atom stereocenters. The van der Waals surface area contributed by atoms with Crippen LogP contribution in [0.2, 0.25) is 0 Å². The lowest BCUT2D eigenvalue weighted by molar-refractivity contribution is -0.0957. The van der Waals surface area contributed by atoms with Crippen LogP contribution < -0.4 is 9.78 Å². The van der Waals surface area contributed by atoms with Gasteiger partial charge in [0.15, 0.2) is 24.1 Å². The molecule has 0 saturated heterocycles. The Morgan fingerprint density at radius 2 is 0.875 bits per heavy atom. The second kappa shape index (κ2) is 10.3. The predicted octanol–water partition coefficient (Wildman–Crippen LogP) is 7.74. The first-order chi connectivity index (χ1) is 19.6. The number of carbonyl (C=O) groups is 2. The normalized spacial score (nSPS) is 10.9. The average Bonchev–Trinajstić information content (AvgIpc) is 2.99. The van der Waals surface area contributed by atoms with Gasteiger partial charge >= 0.3 is 0 Å². The fraction of sp³-hybridized carbons (Fsp3) is 0. The third kappa shape index (κ3) is 4.37. The van der Waals surface area contributed by atoms with Crippen molar-refractivity contribution in [1.29, 1.82) is 0 Å². The predicted molar refractivity (Wildman–Crippen MR) is 154 cm³/mol. The lowest BCUT2D eigenvalue weighted by Crippen LogP contribution is -2.05. The second-order valence-corrected chi connectivity index (χ2v) is 9.27. The molecular formula is C34H22O6. The molecule has 0 bridgehead atoms. The van der Waals surface area contributed by atoms with Gasteiger partial charge in [-0.15, -0.1) is 0 Å². The number of fused-ring (bicyclic) bond motifs is 2. The number of phenols is 2. The Bertz CT molecular complexity index is 1780. The van der Waals surface area contributed by atoms with Crippen molar-refractivity contribution in [3.8, 4) is 45.3 Å². The summed E-state index contributed by atoms with van der Waals surface area (Å²) >= 11 is 0. The monoisotopic (exact) mass is 526 g/mol. The fourth-order valence-electron chi connectivity index (χ4n) is 4.96. The Labute approximate surface area is 229 Å². The number of phenolic OH excluding ortho intramolecular Hbond substituents is 2. The molecule has 0 amide bonds. The second-order valence-electron chi connectivity index (χ2n) is 9.27. The van der Waals surface area contributed by atoms with Gasteiger partial charge in [-0.3, -0.25) is 19.4 Å². The van der Waals surface area contributed by atoms with Crippen molar-refractivity contribution in [1.82, 2.24) is 0 Å².